The number of fused-ring (bicyclic) bond motifs is 12. The second kappa shape index (κ2) is 12.4. The standard InChI is InChI=1S/C49H36N4O.Pt/c1-27-8-13-36-39(21-27)40-22-28(2)9-14-37(40)47-46(36)51-49(54-47)32-19-31(5)20-34(25-32)52-43-16-10-29(3)23-41(43)35-15-12-33(26-45(35)52)53-44-17-11-30(4)24-42(44)38-7-6-18-50-48(38)53;/h6-24,46-47H,1-5H3;/q-2;+2/t46-,47+;/m1./s1. The first-order valence-corrected chi connectivity index (χ1v) is 18.6. The summed E-state index contributed by atoms with van der Waals surface area (Å²) in [5, 5.41) is 4.64. The number of aliphatic imine (C=N–C) groups is 1. The van der Waals surface area contributed by atoms with E-state index in [1.165, 1.54) is 55.3 Å². The summed E-state index contributed by atoms with van der Waals surface area (Å²) in [6.07, 6.45) is 1.67. The first-order valence-electron chi connectivity index (χ1n) is 18.6. The van der Waals surface area contributed by atoms with Crippen molar-refractivity contribution in [3.63, 3.8) is 0 Å². The molecule has 0 fully saturated rings. The zero-order valence-electron chi connectivity index (χ0n) is 31.1. The van der Waals surface area contributed by atoms with Crippen molar-refractivity contribution in [1.29, 1.82) is 0 Å². The van der Waals surface area contributed by atoms with Gasteiger partial charge in [0.05, 0.1) is 5.52 Å². The molecule has 1 aliphatic heterocycles. The Labute approximate surface area is 334 Å². The molecule has 2 atom stereocenters. The summed E-state index contributed by atoms with van der Waals surface area (Å²) in [4.78, 5) is 10.2. The van der Waals surface area contributed by atoms with Gasteiger partial charge in [0.25, 0.3) is 0 Å². The Morgan fingerprint density at radius 3 is 1.98 bits per heavy atom. The molecule has 55 heavy (non-hydrogen) atoms. The zero-order chi connectivity index (χ0) is 36.4. The topological polar surface area (TPSA) is 44.3 Å². The molecule has 6 heteroatoms. The fourth-order valence-electron chi connectivity index (χ4n) is 8.88. The summed E-state index contributed by atoms with van der Waals surface area (Å²) in [6.45, 7) is 10.7. The molecule has 1 aliphatic carbocycles. The van der Waals surface area contributed by atoms with Crippen LogP contribution in [0.1, 0.15) is 56.7 Å². The van der Waals surface area contributed by atoms with Crippen LogP contribution in [-0.4, -0.2) is 20.0 Å². The molecule has 0 saturated heterocycles. The number of ether oxygens (including phenoxy) is 1. The molecule has 0 unspecified atom stereocenters. The van der Waals surface area contributed by atoms with Crippen molar-refractivity contribution in [2.24, 2.45) is 4.99 Å². The average molecular weight is 892 g/mol. The first kappa shape index (κ1) is 33.8. The minimum absolute atomic E-state index is 0. The average Bonchev–Trinajstić information content (AvgIpc) is 3.85. The maximum atomic E-state index is 6.87. The van der Waals surface area contributed by atoms with E-state index >= 15 is 0 Å². The van der Waals surface area contributed by atoms with Crippen molar-refractivity contribution >= 4 is 49.6 Å². The van der Waals surface area contributed by atoms with Gasteiger partial charge in [0.1, 0.15) is 23.7 Å². The minimum Gasteiger partial charge on any atom is -0.510 e. The maximum Gasteiger partial charge on any atom is 2.00 e. The van der Waals surface area contributed by atoms with Gasteiger partial charge < -0.3 is 13.9 Å². The van der Waals surface area contributed by atoms with Gasteiger partial charge in [-0.25, -0.2) is 4.98 Å². The second-order valence-corrected chi connectivity index (χ2v) is 15.2. The summed E-state index contributed by atoms with van der Waals surface area (Å²) in [5.41, 5.74) is 17.7. The van der Waals surface area contributed by atoms with Crippen LogP contribution in [0.15, 0.2) is 120 Å². The van der Waals surface area contributed by atoms with E-state index in [1.807, 2.05) is 12.3 Å². The molecule has 9 aromatic rings. The molecule has 0 radical (unpaired) electrons. The monoisotopic (exact) mass is 891 g/mol. The number of aromatic nitrogens is 3. The van der Waals surface area contributed by atoms with E-state index in [0.29, 0.717) is 5.90 Å². The smallest absolute Gasteiger partial charge is 0.510 e. The Bertz CT molecular complexity index is 3110. The van der Waals surface area contributed by atoms with E-state index < -0.39 is 0 Å². The van der Waals surface area contributed by atoms with Crippen LogP contribution in [0.4, 0.5) is 0 Å². The summed E-state index contributed by atoms with van der Waals surface area (Å²) < 4.78 is 11.4. The minimum atomic E-state index is -0.195. The van der Waals surface area contributed by atoms with Crippen LogP contribution in [0.2, 0.25) is 0 Å². The van der Waals surface area contributed by atoms with Gasteiger partial charge in [0, 0.05) is 28.0 Å². The molecule has 0 bridgehead atoms. The van der Waals surface area contributed by atoms with Crippen molar-refractivity contribution in [2.75, 3.05) is 0 Å². The Kier molecular flexibility index (Phi) is 7.60. The number of rotatable bonds is 3. The third-order valence-electron chi connectivity index (χ3n) is 11.3. The predicted molar refractivity (Wildman–Crippen MR) is 219 cm³/mol. The Hall–Kier alpha value is -5.77. The quantitative estimate of drug-likeness (QED) is 0.166. The van der Waals surface area contributed by atoms with E-state index in [9.17, 15) is 0 Å². The Morgan fingerprint density at radius 2 is 1.22 bits per heavy atom. The third kappa shape index (κ3) is 5.10. The number of hydrogen-bond acceptors (Lipinski definition) is 3. The van der Waals surface area contributed by atoms with Gasteiger partial charge >= 0.3 is 21.1 Å². The molecular formula is C49H36N4OPt. The van der Waals surface area contributed by atoms with Crippen LogP contribution in [0.3, 0.4) is 0 Å². The molecule has 3 aromatic heterocycles. The number of nitrogens with zero attached hydrogens (tertiary/aromatic N) is 4. The molecule has 0 spiro atoms. The fourth-order valence-corrected chi connectivity index (χ4v) is 8.88. The molecule has 11 rings (SSSR count). The van der Waals surface area contributed by atoms with Crippen molar-refractivity contribution in [3.05, 3.63) is 172 Å². The van der Waals surface area contributed by atoms with Gasteiger partial charge in [-0.3, -0.25) is 4.99 Å². The summed E-state index contributed by atoms with van der Waals surface area (Å²) in [6, 6.07) is 47.2. The van der Waals surface area contributed by atoms with E-state index in [2.05, 4.69) is 159 Å². The second-order valence-electron chi connectivity index (χ2n) is 15.2. The normalized spacial score (nSPS) is 15.8. The molecule has 5 nitrogen and oxygen atoms in total. The van der Waals surface area contributed by atoms with Crippen LogP contribution in [0, 0.1) is 46.8 Å². The van der Waals surface area contributed by atoms with E-state index in [0.717, 1.165) is 55.5 Å². The summed E-state index contributed by atoms with van der Waals surface area (Å²) >= 11 is 0. The number of benzene rings is 6. The van der Waals surface area contributed by atoms with Crippen molar-refractivity contribution in [2.45, 2.75) is 46.8 Å². The molecule has 2 aliphatic rings. The molecule has 6 aromatic carbocycles. The molecule has 0 N–H and O–H groups in total. The van der Waals surface area contributed by atoms with Gasteiger partial charge in [-0.2, -0.15) is 6.07 Å². The van der Waals surface area contributed by atoms with Crippen molar-refractivity contribution in [1.82, 2.24) is 14.1 Å². The largest absolute Gasteiger partial charge is 2.00 e. The van der Waals surface area contributed by atoms with Crippen molar-refractivity contribution in [3.8, 4) is 22.5 Å². The van der Waals surface area contributed by atoms with Crippen LogP contribution in [-0.2, 0) is 25.8 Å². The fraction of sp³-hybridized carbons (Fsp3) is 0.143. The SMILES string of the molecule is Cc1cc(C2=N[C@@H]3c4ccc(C)cc4-c4cc(C)ccc4[C@@H]3O2)[c-]c(-n2c3[c-]c(-n4c5ccc(C)cc5c5cccnc54)ccc3c3cc(C)ccc32)c1.[Pt+2]. The third-order valence-corrected chi connectivity index (χ3v) is 11.3. The first-order chi connectivity index (χ1) is 26.3. The molecule has 0 amide bonds. The molecule has 4 heterocycles. The maximum absolute atomic E-state index is 6.87. The van der Waals surface area contributed by atoms with Gasteiger partial charge in [-0.15, -0.1) is 41.3 Å². The van der Waals surface area contributed by atoms with Gasteiger partial charge in [-0.1, -0.05) is 101 Å². The number of pyridine rings is 1. The van der Waals surface area contributed by atoms with E-state index in [4.69, 9.17) is 14.7 Å². The predicted octanol–water partition coefficient (Wildman–Crippen LogP) is 11.7. The Balaban J connectivity index is 0.00000372. The summed E-state index contributed by atoms with van der Waals surface area (Å²) in [5.74, 6) is 0.628. The number of aryl methyl sites for hydroxylation is 5. The number of hydrogen-bond donors (Lipinski definition) is 0. The van der Waals surface area contributed by atoms with Crippen LogP contribution in [0.25, 0.3) is 66.2 Å². The van der Waals surface area contributed by atoms with E-state index in [-0.39, 0.29) is 33.2 Å². The molecule has 0 saturated carbocycles. The van der Waals surface area contributed by atoms with Gasteiger partial charge in [-0.05, 0) is 85.8 Å². The van der Waals surface area contributed by atoms with Crippen LogP contribution < -0.4 is 0 Å². The summed E-state index contributed by atoms with van der Waals surface area (Å²) in [7, 11) is 0. The van der Waals surface area contributed by atoms with E-state index in [1.54, 1.807) is 0 Å². The molecular weight excluding hydrogens is 856 g/mol. The Morgan fingerprint density at radius 1 is 0.564 bits per heavy atom. The van der Waals surface area contributed by atoms with Crippen LogP contribution in [0.5, 0.6) is 0 Å². The zero-order valence-corrected chi connectivity index (χ0v) is 33.4. The van der Waals surface area contributed by atoms with Gasteiger partial charge in [0.15, 0.2) is 0 Å². The van der Waals surface area contributed by atoms with Crippen molar-refractivity contribution < 1.29 is 25.8 Å². The van der Waals surface area contributed by atoms with Crippen LogP contribution >= 0.6 is 0 Å². The van der Waals surface area contributed by atoms with Gasteiger partial charge in [0.2, 0.25) is 0 Å². The molecule has 268 valence electrons.